The van der Waals surface area contributed by atoms with E-state index in [1.807, 2.05) is 18.2 Å². The lowest BCUT2D eigenvalue weighted by molar-refractivity contribution is 0.0931. The predicted molar refractivity (Wildman–Crippen MR) is 120 cm³/mol. The second-order valence-corrected chi connectivity index (χ2v) is 8.26. The van der Waals surface area contributed by atoms with Crippen molar-refractivity contribution in [3.05, 3.63) is 77.5 Å². The number of likely N-dealkylation sites (tertiary alicyclic amines) is 1. The van der Waals surface area contributed by atoms with Gasteiger partial charge in [0, 0.05) is 18.7 Å². The van der Waals surface area contributed by atoms with Crippen LogP contribution in [0.25, 0.3) is 11.3 Å². The third-order valence-electron chi connectivity index (χ3n) is 5.99. The van der Waals surface area contributed by atoms with Gasteiger partial charge in [0.2, 0.25) is 0 Å². The predicted octanol–water partition coefficient (Wildman–Crippen LogP) is 4.07. The van der Waals surface area contributed by atoms with Crippen LogP contribution in [0, 0.1) is 12.8 Å². The molecule has 3 aromatic rings. The van der Waals surface area contributed by atoms with Crippen molar-refractivity contribution < 1.29 is 4.79 Å². The van der Waals surface area contributed by atoms with Gasteiger partial charge in [-0.05, 0) is 56.8 Å². The number of carbonyl (C=O) groups excluding carboxylic acids is 1. The Bertz CT molecular complexity index is 941. The van der Waals surface area contributed by atoms with Gasteiger partial charge in [-0.15, -0.1) is 0 Å². The van der Waals surface area contributed by atoms with E-state index in [0.29, 0.717) is 11.6 Å². The molecule has 1 aliphatic heterocycles. The van der Waals surface area contributed by atoms with E-state index in [0.717, 1.165) is 56.7 Å². The normalized spacial score (nSPS) is 15.2. The number of nitrogens with zero attached hydrogens (tertiary/aromatic N) is 2. The molecule has 2 N–H and O–H groups in total. The van der Waals surface area contributed by atoms with Crippen molar-refractivity contribution in [3.8, 4) is 11.3 Å². The van der Waals surface area contributed by atoms with Gasteiger partial charge in [-0.2, -0.15) is 5.10 Å². The quantitative estimate of drug-likeness (QED) is 0.626. The van der Waals surface area contributed by atoms with E-state index in [1.54, 1.807) is 0 Å². The Morgan fingerprint density at radius 2 is 1.83 bits per heavy atom. The molecule has 156 valence electrons. The Kier molecular flexibility index (Phi) is 6.60. The minimum atomic E-state index is -0.0765. The maximum Gasteiger partial charge on any atom is 0.269 e. The molecular formula is C25H30N4O. The Morgan fingerprint density at radius 1 is 1.10 bits per heavy atom. The average Bonchev–Trinajstić information content (AvgIpc) is 3.28. The lowest BCUT2D eigenvalue weighted by Crippen LogP contribution is -2.39. The molecule has 0 saturated carbocycles. The fourth-order valence-corrected chi connectivity index (χ4v) is 3.99. The molecule has 1 amide bonds. The molecule has 2 heterocycles. The summed E-state index contributed by atoms with van der Waals surface area (Å²) in [6, 6.07) is 20.6. The van der Waals surface area contributed by atoms with Gasteiger partial charge in [0.15, 0.2) is 0 Å². The Hall–Kier alpha value is -2.92. The molecule has 1 aliphatic rings. The topological polar surface area (TPSA) is 61.0 Å². The van der Waals surface area contributed by atoms with Crippen molar-refractivity contribution in [1.29, 1.82) is 0 Å². The third-order valence-corrected chi connectivity index (χ3v) is 5.99. The maximum atomic E-state index is 12.5. The summed E-state index contributed by atoms with van der Waals surface area (Å²) in [5.74, 6) is 0.466. The lowest BCUT2D eigenvalue weighted by atomic mass is 9.96. The summed E-state index contributed by atoms with van der Waals surface area (Å²) < 4.78 is 0. The SMILES string of the molecule is Cc1ccc(-c2cc(C(=O)NCC3CCN(CCc4ccccc4)CC3)[nH]n2)cc1. The molecule has 0 radical (unpaired) electrons. The molecule has 5 nitrogen and oxygen atoms in total. The first kappa shape index (κ1) is 20.4. The number of aromatic nitrogens is 2. The highest BCUT2D eigenvalue weighted by atomic mass is 16.1. The van der Waals surface area contributed by atoms with Gasteiger partial charge >= 0.3 is 0 Å². The van der Waals surface area contributed by atoms with E-state index < -0.39 is 0 Å². The van der Waals surface area contributed by atoms with Crippen molar-refractivity contribution in [2.45, 2.75) is 26.2 Å². The van der Waals surface area contributed by atoms with Crippen LogP contribution in [0.5, 0.6) is 0 Å². The number of benzene rings is 2. The van der Waals surface area contributed by atoms with Crippen molar-refractivity contribution in [2.75, 3.05) is 26.2 Å². The van der Waals surface area contributed by atoms with Crippen LogP contribution in [0.1, 0.15) is 34.5 Å². The number of H-pyrrole nitrogens is 1. The number of rotatable bonds is 7. The van der Waals surface area contributed by atoms with Gasteiger partial charge in [-0.1, -0.05) is 60.2 Å². The Morgan fingerprint density at radius 3 is 2.57 bits per heavy atom. The molecule has 1 saturated heterocycles. The summed E-state index contributed by atoms with van der Waals surface area (Å²) in [5.41, 5.74) is 4.94. The Labute approximate surface area is 178 Å². The molecule has 0 atom stereocenters. The van der Waals surface area contributed by atoms with Crippen molar-refractivity contribution in [1.82, 2.24) is 20.4 Å². The largest absolute Gasteiger partial charge is 0.350 e. The van der Waals surface area contributed by atoms with Crippen LogP contribution in [-0.4, -0.2) is 47.2 Å². The zero-order valence-electron chi connectivity index (χ0n) is 17.6. The average molecular weight is 403 g/mol. The van der Waals surface area contributed by atoms with Crippen LogP contribution in [0.2, 0.25) is 0 Å². The van der Waals surface area contributed by atoms with E-state index in [9.17, 15) is 4.79 Å². The minimum Gasteiger partial charge on any atom is -0.350 e. The summed E-state index contributed by atoms with van der Waals surface area (Å²) >= 11 is 0. The summed E-state index contributed by atoms with van der Waals surface area (Å²) in [7, 11) is 0. The smallest absolute Gasteiger partial charge is 0.269 e. The van der Waals surface area contributed by atoms with Crippen LogP contribution in [0.15, 0.2) is 60.7 Å². The summed E-state index contributed by atoms with van der Waals surface area (Å²) in [5, 5.41) is 10.3. The molecule has 1 aromatic heterocycles. The number of nitrogens with one attached hydrogen (secondary N) is 2. The van der Waals surface area contributed by atoms with Crippen LogP contribution in [0.3, 0.4) is 0 Å². The molecule has 0 spiro atoms. The van der Waals surface area contributed by atoms with E-state index in [4.69, 9.17) is 0 Å². The van der Waals surface area contributed by atoms with Crippen molar-refractivity contribution >= 4 is 5.91 Å². The molecule has 2 aromatic carbocycles. The molecular weight excluding hydrogens is 372 g/mol. The number of aryl methyl sites for hydroxylation is 1. The summed E-state index contributed by atoms with van der Waals surface area (Å²) in [6.45, 7) is 6.11. The van der Waals surface area contributed by atoms with Crippen molar-refractivity contribution in [3.63, 3.8) is 0 Å². The number of piperidine rings is 1. The molecule has 1 fully saturated rings. The van der Waals surface area contributed by atoms with Crippen LogP contribution in [0.4, 0.5) is 0 Å². The highest BCUT2D eigenvalue weighted by Gasteiger charge is 2.20. The second kappa shape index (κ2) is 9.72. The number of aromatic amines is 1. The monoisotopic (exact) mass is 402 g/mol. The molecule has 0 aliphatic carbocycles. The van der Waals surface area contributed by atoms with Gasteiger partial charge in [0.1, 0.15) is 5.69 Å². The standard InChI is InChI=1S/C25H30N4O/c1-19-7-9-22(10-8-19)23-17-24(28-27-23)25(30)26-18-21-12-15-29(16-13-21)14-11-20-5-3-2-4-6-20/h2-10,17,21H,11-16,18H2,1H3,(H,26,30)(H,27,28). The van der Waals surface area contributed by atoms with Gasteiger partial charge in [-0.25, -0.2) is 0 Å². The van der Waals surface area contributed by atoms with Crippen LogP contribution < -0.4 is 5.32 Å². The molecule has 0 unspecified atom stereocenters. The zero-order valence-corrected chi connectivity index (χ0v) is 17.6. The van der Waals surface area contributed by atoms with E-state index in [-0.39, 0.29) is 5.91 Å². The van der Waals surface area contributed by atoms with Crippen LogP contribution in [-0.2, 0) is 6.42 Å². The molecule has 30 heavy (non-hydrogen) atoms. The lowest BCUT2D eigenvalue weighted by Gasteiger charge is -2.32. The second-order valence-electron chi connectivity index (χ2n) is 8.26. The van der Waals surface area contributed by atoms with E-state index in [1.165, 1.54) is 11.1 Å². The van der Waals surface area contributed by atoms with Gasteiger partial charge in [-0.3, -0.25) is 9.89 Å². The molecule has 4 rings (SSSR count). The minimum absolute atomic E-state index is 0.0765. The van der Waals surface area contributed by atoms with Crippen molar-refractivity contribution in [2.24, 2.45) is 5.92 Å². The maximum absolute atomic E-state index is 12.5. The molecule has 0 bridgehead atoms. The zero-order chi connectivity index (χ0) is 20.8. The third kappa shape index (κ3) is 5.36. The van der Waals surface area contributed by atoms with E-state index in [2.05, 4.69) is 69.8 Å². The number of carbonyl (C=O) groups is 1. The fourth-order valence-electron chi connectivity index (χ4n) is 3.99. The van der Waals surface area contributed by atoms with Gasteiger partial charge in [0.05, 0.1) is 5.69 Å². The highest BCUT2D eigenvalue weighted by Crippen LogP contribution is 2.19. The first-order chi connectivity index (χ1) is 14.7. The first-order valence-electron chi connectivity index (χ1n) is 10.8. The van der Waals surface area contributed by atoms with Gasteiger partial charge in [0.25, 0.3) is 5.91 Å². The highest BCUT2D eigenvalue weighted by molar-refractivity contribution is 5.93. The first-order valence-corrected chi connectivity index (χ1v) is 10.8. The molecule has 5 heteroatoms. The van der Waals surface area contributed by atoms with E-state index >= 15 is 0 Å². The summed E-state index contributed by atoms with van der Waals surface area (Å²) in [4.78, 5) is 15.1. The number of hydrogen-bond acceptors (Lipinski definition) is 3. The fraction of sp³-hybridized carbons (Fsp3) is 0.360. The summed E-state index contributed by atoms with van der Waals surface area (Å²) in [6.07, 6.45) is 3.37. The Balaban J connectivity index is 1.20. The number of amides is 1. The van der Waals surface area contributed by atoms with Gasteiger partial charge < -0.3 is 10.2 Å². The number of hydrogen-bond donors (Lipinski definition) is 2. The van der Waals surface area contributed by atoms with Crippen LogP contribution >= 0.6 is 0 Å².